The van der Waals surface area contributed by atoms with Gasteiger partial charge in [-0.2, -0.15) is 4.31 Å². The number of nitrogens with zero attached hydrogens (tertiary/aromatic N) is 2. The maximum absolute atomic E-state index is 12.9. The van der Waals surface area contributed by atoms with Crippen LogP contribution >= 0.6 is 15.9 Å². The summed E-state index contributed by atoms with van der Waals surface area (Å²) in [4.78, 5) is 15.2. The highest BCUT2D eigenvalue weighted by Gasteiger charge is 2.32. The van der Waals surface area contributed by atoms with Gasteiger partial charge in [-0.25, -0.2) is 8.42 Å². The van der Waals surface area contributed by atoms with E-state index in [0.29, 0.717) is 37.4 Å². The molecule has 2 saturated heterocycles. The fourth-order valence-electron chi connectivity index (χ4n) is 3.95. The van der Waals surface area contributed by atoms with Gasteiger partial charge < -0.3 is 10.2 Å². The highest BCUT2D eigenvalue weighted by Crippen LogP contribution is 2.26. The van der Waals surface area contributed by atoms with Crippen molar-refractivity contribution in [3.05, 3.63) is 28.2 Å². The van der Waals surface area contributed by atoms with Crippen molar-refractivity contribution in [2.24, 2.45) is 5.92 Å². The molecule has 0 radical (unpaired) electrons. The average molecular weight is 472 g/mol. The third-order valence-corrected chi connectivity index (χ3v) is 8.53. The molecular weight excluding hydrogens is 442 g/mol. The minimum Gasteiger partial charge on any atom is -0.356 e. The largest absolute Gasteiger partial charge is 0.356 e. The number of rotatable bonds is 7. The lowest BCUT2D eigenvalue weighted by molar-refractivity contribution is -0.126. The van der Waals surface area contributed by atoms with Gasteiger partial charge in [0.05, 0.1) is 4.90 Å². The predicted octanol–water partition coefficient (Wildman–Crippen LogP) is 2.76. The Labute approximate surface area is 176 Å². The summed E-state index contributed by atoms with van der Waals surface area (Å²) in [5.41, 5.74) is 0.893. The molecule has 0 saturated carbocycles. The molecular formula is C20H30BrN3O3S. The first kappa shape index (κ1) is 21.7. The van der Waals surface area contributed by atoms with Gasteiger partial charge in [-0.1, -0.05) is 15.9 Å². The molecule has 6 nitrogen and oxygen atoms in total. The number of carbonyl (C=O) groups excluding carboxylic acids is 1. The van der Waals surface area contributed by atoms with Gasteiger partial charge in [0.2, 0.25) is 15.9 Å². The van der Waals surface area contributed by atoms with E-state index in [1.54, 1.807) is 18.2 Å². The van der Waals surface area contributed by atoms with Gasteiger partial charge in [-0.15, -0.1) is 0 Å². The van der Waals surface area contributed by atoms with Crippen molar-refractivity contribution in [2.75, 3.05) is 39.3 Å². The van der Waals surface area contributed by atoms with Crippen molar-refractivity contribution in [1.29, 1.82) is 0 Å². The zero-order chi connectivity index (χ0) is 20.1. The molecule has 1 amide bonds. The number of halogens is 1. The molecule has 156 valence electrons. The third kappa shape index (κ3) is 5.34. The Balaban J connectivity index is 1.45. The van der Waals surface area contributed by atoms with E-state index in [-0.39, 0.29) is 11.8 Å². The smallest absolute Gasteiger partial charge is 0.243 e. The van der Waals surface area contributed by atoms with Crippen LogP contribution in [0.4, 0.5) is 0 Å². The Morgan fingerprint density at radius 3 is 2.50 bits per heavy atom. The second-order valence-electron chi connectivity index (χ2n) is 7.78. The van der Waals surface area contributed by atoms with Gasteiger partial charge in [0.25, 0.3) is 0 Å². The topological polar surface area (TPSA) is 69.7 Å². The summed E-state index contributed by atoms with van der Waals surface area (Å²) in [6, 6.07) is 5.09. The molecule has 0 spiro atoms. The molecule has 28 heavy (non-hydrogen) atoms. The number of sulfonamides is 1. The molecule has 0 bridgehead atoms. The summed E-state index contributed by atoms with van der Waals surface area (Å²) < 4.78 is 28.1. The Morgan fingerprint density at radius 1 is 1.18 bits per heavy atom. The van der Waals surface area contributed by atoms with Gasteiger partial charge in [-0.3, -0.25) is 4.79 Å². The molecule has 0 atom stereocenters. The summed E-state index contributed by atoms with van der Waals surface area (Å²) in [6.45, 7) is 6.77. The quantitative estimate of drug-likeness (QED) is 0.620. The van der Waals surface area contributed by atoms with Crippen LogP contribution < -0.4 is 5.32 Å². The normalized spacial score (nSPS) is 19.8. The number of likely N-dealkylation sites (tertiary alicyclic amines) is 1. The maximum Gasteiger partial charge on any atom is 0.243 e. The van der Waals surface area contributed by atoms with Crippen molar-refractivity contribution < 1.29 is 13.2 Å². The number of nitrogens with one attached hydrogen (secondary N) is 1. The molecule has 1 N–H and O–H groups in total. The zero-order valence-electron chi connectivity index (χ0n) is 16.5. The lowest BCUT2D eigenvalue weighted by atomic mass is 9.97. The maximum atomic E-state index is 12.9. The minimum absolute atomic E-state index is 0.0676. The molecule has 2 aliphatic rings. The molecule has 0 unspecified atom stereocenters. The molecule has 8 heteroatoms. The number of hydrogen-bond donors (Lipinski definition) is 1. The molecule has 3 rings (SSSR count). The van der Waals surface area contributed by atoms with Crippen molar-refractivity contribution >= 4 is 31.9 Å². The van der Waals surface area contributed by atoms with Crippen LogP contribution in [0.5, 0.6) is 0 Å². The second kappa shape index (κ2) is 9.69. The number of benzene rings is 1. The van der Waals surface area contributed by atoms with Crippen LogP contribution in [0.3, 0.4) is 0 Å². The number of carbonyl (C=O) groups is 1. The summed E-state index contributed by atoms with van der Waals surface area (Å²) in [7, 11) is -3.51. The second-order valence-corrected chi connectivity index (χ2v) is 10.6. The van der Waals surface area contributed by atoms with Gasteiger partial charge >= 0.3 is 0 Å². The molecule has 2 fully saturated rings. The van der Waals surface area contributed by atoms with Crippen LogP contribution in [-0.4, -0.2) is 62.8 Å². The molecule has 1 aromatic carbocycles. The number of piperidine rings is 1. The van der Waals surface area contributed by atoms with E-state index in [4.69, 9.17) is 0 Å². The van der Waals surface area contributed by atoms with Crippen molar-refractivity contribution in [1.82, 2.24) is 14.5 Å². The number of amides is 1. The molecule has 2 aliphatic heterocycles. The highest BCUT2D eigenvalue weighted by molar-refractivity contribution is 9.10. The van der Waals surface area contributed by atoms with E-state index < -0.39 is 10.0 Å². The van der Waals surface area contributed by atoms with Crippen LogP contribution in [0.25, 0.3) is 0 Å². The third-order valence-electron chi connectivity index (χ3n) is 5.74. The first-order valence-electron chi connectivity index (χ1n) is 10.1. The van der Waals surface area contributed by atoms with E-state index in [9.17, 15) is 13.2 Å². The van der Waals surface area contributed by atoms with Crippen molar-refractivity contribution in [3.63, 3.8) is 0 Å². The molecule has 0 aromatic heterocycles. The highest BCUT2D eigenvalue weighted by atomic mass is 79.9. The van der Waals surface area contributed by atoms with E-state index in [1.807, 2.05) is 6.92 Å². The number of hydrogen-bond acceptors (Lipinski definition) is 4. The Kier molecular flexibility index (Phi) is 7.53. The fourth-order valence-corrected chi connectivity index (χ4v) is 5.75. The lowest BCUT2D eigenvalue weighted by Crippen LogP contribution is -2.43. The fraction of sp³-hybridized carbons (Fsp3) is 0.650. The first-order valence-corrected chi connectivity index (χ1v) is 12.4. The predicted molar refractivity (Wildman–Crippen MR) is 114 cm³/mol. The monoisotopic (exact) mass is 471 g/mol. The summed E-state index contributed by atoms with van der Waals surface area (Å²) in [5.74, 6) is -0.0251. The Morgan fingerprint density at radius 2 is 1.86 bits per heavy atom. The summed E-state index contributed by atoms with van der Waals surface area (Å²) in [6.07, 6.45) is 4.70. The van der Waals surface area contributed by atoms with E-state index in [2.05, 4.69) is 26.1 Å². The minimum atomic E-state index is -3.51. The molecule has 0 aliphatic carbocycles. The first-order chi connectivity index (χ1) is 13.4. The van der Waals surface area contributed by atoms with Crippen LogP contribution in [0, 0.1) is 12.8 Å². The van der Waals surface area contributed by atoms with Crippen LogP contribution in [0.15, 0.2) is 27.6 Å². The van der Waals surface area contributed by atoms with Gasteiger partial charge in [0, 0.05) is 30.0 Å². The van der Waals surface area contributed by atoms with E-state index in [0.717, 1.165) is 23.0 Å². The van der Waals surface area contributed by atoms with Crippen LogP contribution in [0.1, 0.15) is 37.7 Å². The van der Waals surface area contributed by atoms with E-state index in [1.165, 1.54) is 30.2 Å². The lowest BCUT2D eigenvalue weighted by Gasteiger charge is -2.30. The average Bonchev–Trinajstić information content (AvgIpc) is 3.20. The van der Waals surface area contributed by atoms with Gasteiger partial charge in [0.15, 0.2) is 0 Å². The Bertz CT molecular complexity index is 786. The SMILES string of the molecule is Cc1cc(S(=O)(=O)N2CCC(C(=O)NCCCN3CCCC3)CC2)ccc1Br. The van der Waals surface area contributed by atoms with Crippen LogP contribution in [0.2, 0.25) is 0 Å². The molecule has 2 heterocycles. The van der Waals surface area contributed by atoms with Gasteiger partial charge in [-0.05, 0) is 82.4 Å². The van der Waals surface area contributed by atoms with E-state index >= 15 is 0 Å². The number of aryl methyl sites for hydroxylation is 1. The van der Waals surface area contributed by atoms with Gasteiger partial charge in [0.1, 0.15) is 0 Å². The molecule has 1 aromatic rings. The Hall–Kier alpha value is -0.960. The van der Waals surface area contributed by atoms with Crippen LogP contribution in [-0.2, 0) is 14.8 Å². The van der Waals surface area contributed by atoms with Crippen molar-refractivity contribution in [2.45, 2.75) is 43.9 Å². The van der Waals surface area contributed by atoms with Crippen molar-refractivity contribution in [3.8, 4) is 0 Å². The summed E-state index contributed by atoms with van der Waals surface area (Å²) in [5, 5.41) is 3.04. The zero-order valence-corrected chi connectivity index (χ0v) is 18.9. The standard InChI is InChI=1S/C20H30BrN3O3S/c1-16-15-18(5-6-19(16)21)28(26,27)24-13-7-17(8-14-24)20(25)22-9-4-12-23-10-2-3-11-23/h5-6,15,17H,2-4,7-14H2,1H3,(H,22,25). The summed E-state index contributed by atoms with van der Waals surface area (Å²) >= 11 is 3.41.